The summed E-state index contributed by atoms with van der Waals surface area (Å²) >= 11 is 0. The molecule has 0 aromatic carbocycles. The lowest BCUT2D eigenvalue weighted by molar-refractivity contribution is 0.123. The SMILES string of the molecule is c1coc(CCNC(=NCC2CCOC2)NCCCOCC2CC2)c1. The number of hydrogen-bond acceptors (Lipinski definition) is 4. The van der Waals surface area contributed by atoms with E-state index in [-0.39, 0.29) is 0 Å². The van der Waals surface area contributed by atoms with Crippen LogP contribution in [0.1, 0.15) is 31.4 Å². The van der Waals surface area contributed by atoms with E-state index in [2.05, 4.69) is 10.6 Å². The Balaban J connectivity index is 1.34. The molecule has 1 aliphatic carbocycles. The molecule has 1 saturated heterocycles. The highest BCUT2D eigenvalue weighted by atomic mass is 16.5. The lowest BCUT2D eigenvalue weighted by Crippen LogP contribution is -2.39. The third-order valence-electron chi connectivity index (χ3n) is 4.58. The largest absolute Gasteiger partial charge is 0.469 e. The van der Waals surface area contributed by atoms with Gasteiger partial charge in [0.25, 0.3) is 0 Å². The molecule has 1 aromatic heterocycles. The number of guanidine groups is 1. The van der Waals surface area contributed by atoms with Gasteiger partial charge in [-0.05, 0) is 43.7 Å². The lowest BCUT2D eigenvalue weighted by atomic mass is 10.1. The maximum absolute atomic E-state index is 5.68. The van der Waals surface area contributed by atoms with E-state index < -0.39 is 0 Å². The highest BCUT2D eigenvalue weighted by Gasteiger charge is 2.20. The average Bonchev–Trinajstić information content (AvgIpc) is 3.09. The number of rotatable bonds is 11. The third-order valence-corrected chi connectivity index (χ3v) is 4.58. The number of ether oxygens (including phenoxy) is 2. The van der Waals surface area contributed by atoms with Gasteiger partial charge >= 0.3 is 0 Å². The van der Waals surface area contributed by atoms with E-state index >= 15 is 0 Å². The molecule has 1 saturated carbocycles. The molecule has 0 spiro atoms. The fourth-order valence-electron chi connectivity index (χ4n) is 2.80. The van der Waals surface area contributed by atoms with Crippen LogP contribution in [0.4, 0.5) is 0 Å². The van der Waals surface area contributed by atoms with Gasteiger partial charge in [0.2, 0.25) is 0 Å². The van der Waals surface area contributed by atoms with Crippen molar-refractivity contribution >= 4 is 5.96 Å². The molecule has 0 radical (unpaired) electrons. The summed E-state index contributed by atoms with van der Waals surface area (Å²) in [6.07, 6.45) is 7.37. The number of hydrogen-bond donors (Lipinski definition) is 2. The molecule has 3 rings (SSSR count). The summed E-state index contributed by atoms with van der Waals surface area (Å²) in [6, 6.07) is 3.92. The first-order chi connectivity index (χ1) is 12.4. The molecular weight excluding hydrogens is 318 g/mol. The monoisotopic (exact) mass is 349 g/mol. The number of nitrogens with zero attached hydrogens (tertiary/aromatic N) is 1. The zero-order valence-electron chi connectivity index (χ0n) is 15.0. The van der Waals surface area contributed by atoms with Gasteiger partial charge < -0.3 is 24.5 Å². The Hall–Kier alpha value is -1.53. The smallest absolute Gasteiger partial charge is 0.191 e. The fraction of sp³-hybridized carbons (Fsp3) is 0.737. The first kappa shape index (κ1) is 18.3. The third kappa shape index (κ3) is 7.48. The minimum absolute atomic E-state index is 0.547. The average molecular weight is 349 g/mol. The van der Waals surface area contributed by atoms with Crippen LogP contribution >= 0.6 is 0 Å². The second kappa shape index (κ2) is 10.5. The van der Waals surface area contributed by atoms with Gasteiger partial charge in [-0.2, -0.15) is 0 Å². The molecule has 25 heavy (non-hydrogen) atoms. The van der Waals surface area contributed by atoms with E-state index in [1.165, 1.54) is 12.8 Å². The van der Waals surface area contributed by atoms with E-state index in [4.69, 9.17) is 18.9 Å². The van der Waals surface area contributed by atoms with Crippen molar-refractivity contribution in [1.29, 1.82) is 0 Å². The first-order valence-electron chi connectivity index (χ1n) is 9.60. The molecule has 6 heteroatoms. The molecule has 1 aliphatic heterocycles. The molecule has 1 unspecified atom stereocenters. The van der Waals surface area contributed by atoms with Crippen LogP contribution in [0.15, 0.2) is 27.8 Å². The van der Waals surface area contributed by atoms with Crippen molar-refractivity contribution in [3.05, 3.63) is 24.2 Å². The van der Waals surface area contributed by atoms with Crippen molar-refractivity contribution in [2.75, 3.05) is 46.1 Å². The molecule has 2 fully saturated rings. The van der Waals surface area contributed by atoms with Crippen molar-refractivity contribution in [2.24, 2.45) is 16.8 Å². The molecular formula is C19H31N3O3. The van der Waals surface area contributed by atoms with Crippen LogP contribution < -0.4 is 10.6 Å². The molecule has 2 heterocycles. The van der Waals surface area contributed by atoms with Gasteiger partial charge in [-0.1, -0.05) is 0 Å². The Labute approximate surface area is 150 Å². The summed E-state index contributed by atoms with van der Waals surface area (Å²) in [6.45, 7) is 5.94. The van der Waals surface area contributed by atoms with Crippen LogP contribution in [0, 0.1) is 11.8 Å². The van der Waals surface area contributed by atoms with E-state index in [9.17, 15) is 0 Å². The number of aliphatic imine (C=N–C) groups is 1. The van der Waals surface area contributed by atoms with Crippen molar-refractivity contribution in [3.63, 3.8) is 0 Å². The van der Waals surface area contributed by atoms with Gasteiger partial charge in [-0.25, -0.2) is 0 Å². The Morgan fingerprint density at radius 2 is 2.12 bits per heavy atom. The Morgan fingerprint density at radius 3 is 2.88 bits per heavy atom. The van der Waals surface area contributed by atoms with Crippen molar-refractivity contribution in [1.82, 2.24) is 10.6 Å². The van der Waals surface area contributed by atoms with Gasteiger partial charge in [0.15, 0.2) is 5.96 Å². The zero-order valence-corrected chi connectivity index (χ0v) is 15.0. The predicted octanol–water partition coefficient (Wildman–Crippen LogP) is 2.21. The summed E-state index contributed by atoms with van der Waals surface area (Å²) < 4.78 is 16.5. The van der Waals surface area contributed by atoms with Crippen LogP contribution in [-0.4, -0.2) is 52.0 Å². The van der Waals surface area contributed by atoms with Crippen LogP contribution in [0.3, 0.4) is 0 Å². The van der Waals surface area contributed by atoms with Crippen LogP contribution in [0.2, 0.25) is 0 Å². The second-order valence-corrected chi connectivity index (χ2v) is 6.97. The van der Waals surface area contributed by atoms with Crippen molar-refractivity contribution in [3.8, 4) is 0 Å². The van der Waals surface area contributed by atoms with Gasteiger partial charge in [-0.3, -0.25) is 4.99 Å². The van der Waals surface area contributed by atoms with Gasteiger partial charge in [0.05, 0.1) is 12.9 Å². The summed E-state index contributed by atoms with van der Waals surface area (Å²) in [5.74, 6) is 3.25. The summed E-state index contributed by atoms with van der Waals surface area (Å²) in [5.41, 5.74) is 0. The van der Waals surface area contributed by atoms with Crippen LogP contribution in [0.25, 0.3) is 0 Å². The quantitative estimate of drug-likeness (QED) is 0.364. The fourth-order valence-corrected chi connectivity index (χ4v) is 2.80. The van der Waals surface area contributed by atoms with E-state index in [1.807, 2.05) is 12.1 Å². The Kier molecular flexibility index (Phi) is 7.64. The topological polar surface area (TPSA) is 68.0 Å². The molecule has 0 bridgehead atoms. The van der Waals surface area contributed by atoms with Gasteiger partial charge in [0, 0.05) is 51.8 Å². The summed E-state index contributed by atoms with van der Waals surface area (Å²) in [4.78, 5) is 4.72. The number of furan rings is 1. The first-order valence-corrected chi connectivity index (χ1v) is 9.60. The van der Waals surface area contributed by atoms with Gasteiger partial charge in [-0.15, -0.1) is 0 Å². The molecule has 0 amide bonds. The number of nitrogens with one attached hydrogen (secondary N) is 2. The van der Waals surface area contributed by atoms with E-state index in [1.54, 1.807) is 6.26 Å². The minimum Gasteiger partial charge on any atom is -0.469 e. The zero-order chi connectivity index (χ0) is 17.2. The standard InChI is InChI=1S/C19H31N3O3/c1-3-18(25-11-1)6-9-21-19(22-13-17-7-12-24-15-17)20-8-2-10-23-14-16-4-5-16/h1,3,11,16-17H,2,4-10,12-15H2,(H2,20,21,22). The molecule has 6 nitrogen and oxygen atoms in total. The lowest BCUT2D eigenvalue weighted by Gasteiger charge is -2.13. The van der Waals surface area contributed by atoms with E-state index in [0.717, 1.165) is 83.0 Å². The maximum atomic E-state index is 5.68. The molecule has 140 valence electrons. The molecule has 2 aliphatic rings. The highest BCUT2D eigenvalue weighted by Crippen LogP contribution is 2.28. The van der Waals surface area contributed by atoms with Gasteiger partial charge in [0.1, 0.15) is 5.76 Å². The molecule has 1 atom stereocenters. The van der Waals surface area contributed by atoms with Crippen LogP contribution in [0.5, 0.6) is 0 Å². The van der Waals surface area contributed by atoms with Crippen LogP contribution in [-0.2, 0) is 15.9 Å². The Morgan fingerprint density at radius 1 is 1.20 bits per heavy atom. The predicted molar refractivity (Wildman–Crippen MR) is 97.8 cm³/mol. The van der Waals surface area contributed by atoms with Crippen molar-refractivity contribution < 1.29 is 13.9 Å². The second-order valence-electron chi connectivity index (χ2n) is 6.97. The van der Waals surface area contributed by atoms with Crippen molar-refractivity contribution in [2.45, 2.75) is 32.1 Å². The van der Waals surface area contributed by atoms with E-state index in [0.29, 0.717) is 5.92 Å². The Bertz CT molecular complexity index is 494. The molecule has 1 aromatic rings. The highest BCUT2D eigenvalue weighted by molar-refractivity contribution is 5.79. The summed E-state index contributed by atoms with van der Waals surface area (Å²) in [5, 5.41) is 6.81. The summed E-state index contributed by atoms with van der Waals surface area (Å²) in [7, 11) is 0. The maximum Gasteiger partial charge on any atom is 0.191 e. The molecule has 2 N–H and O–H groups in total. The minimum atomic E-state index is 0.547. The normalized spacial score (nSPS) is 20.8.